The van der Waals surface area contributed by atoms with Crippen molar-refractivity contribution < 1.29 is 19.5 Å². The molecule has 1 rings (SSSR count). The lowest BCUT2D eigenvalue weighted by molar-refractivity contribution is -0.141. The first-order chi connectivity index (χ1) is 9.38. The second kappa shape index (κ2) is 7.13. The maximum Gasteiger partial charge on any atom is 0.328 e. The maximum atomic E-state index is 10.9. The third-order valence-corrected chi connectivity index (χ3v) is 2.39. The number of carbonyl (C=O) groups is 3. The Morgan fingerprint density at radius 1 is 1.05 bits per heavy atom. The van der Waals surface area contributed by atoms with Crippen molar-refractivity contribution in [2.24, 2.45) is 0 Å². The average Bonchev–Trinajstić information content (AvgIpc) is 2.34. The Balaban J connectivity index is 2.57. The van der Waals surface area contributed by atoms with Gasteiger partial charge in [0.15, 0.2) is 0 Å². The molecule has 1 aromatic carbocycles. The van der Waals surface area contributed by atoms with Crippen molar-refractivity contribution in [1.29, 1.82) is 0 Å². The van der Waals surface area contributed by atoms with E-state index in [0.717, 1.165) is 0 Å². The average molecular weight is 279 g/mol. The summed E-state index contributed by atoms with van der Waals surface area (Å²) in [6.45, 7) is 2.74. The summed E-state index contributed by atoms with van der Waals surface area (Å²) in [5.41, 5.74) is 1.34. The Morgan fingerprint density at radius 2 is 1.60 bits per heavy atom. The first-order valence-corrected chi connectivity index (χ1v) is 6.00. The van der Waals surface area contributed by atoms with Crippen LogP contribution in [0.4, 0.5) is 11.4 Å². The number of amides is 2. The van der Waals surface area contributed by atoms with E-state index in [4.69, 9.17) is 5.11 Å². The van der Waals surface area contributed by atoms with Crippen molar-refractivity contribution >= 4 is 29.2 Å². The molecule has 1 aromatic rings. The monoisotopic (exact) mass is 279 g/mol. The lowest BCUT2D eigenvalue weighted by Gasteiger charge is -2.15. The molecule has 0 aliphatic rings. The Bertz CT molecular complexity index is 499. The molecule has 0 bridgehead atoms. The molecule has 0 spiro atoms. The summed E-state index contributed by atoms with van der Waals surface area (Å²) in [7, 11) is 0. The number of carboxylic acids is 1. The van der Waals surface area contributed by atoms with Crippen LogP contribution >= 0.6 is 0 Å². The van der Waals surface area contributed by atoms with Gasteiger partial charge < -0.3 is 21.1 Å². The van der Waals surface area contributed by atoms with E-state index in [0.29, 0.717) is 11.4 Å². The minimum Gasteiger partial charge on any atom is -0.480 e. The number of hydrogen-bond acceptors (Lipinski definition) is 4. The summed E-state index contributed by atoms with van der Waals surface area (Å²) < 4.78 is 0. The number of nitrogens with one attached hydrogen (secondary N) is 3. The van der Waals surface area contributed by atoms with Crippen molar-refractivity contribution in [3.8, 4) is 0 Å². The number of carbonyl (C=O) groups excluding carboxylic acids is 2. The predicted molar refractivity (Wildman–Crippen MR) is 74.5 cm³/mol. The number of rotatable bonds is 6. The van der Waals surface area contributed by atoms with Crippen molar-refractivity contribution in [1.82, 2.24) is 5.32 Å². The van der Waals surface area contributed by atoms with Gasteiger partial charge in [-0.1, -0.05) is 0 Å². The van der Waals surface area contributed by atoms with Crippen molar-refractivity contribution in [3.05, 3.63) is 24.3 Å². The van der Waals surface area contributed by atoms with Crippen LogP contribution in [-0.4, -0.2) is 35.5 Å². The van der Waals surface area contributed by atoms with E-state index in [2.05, 4.69) is 16.0 Å². The van der Waals surface area contributed by atoms with Crippen LogP contribution in [0.15, 0.2) is 24.3 Å². The fourth-order valence-corrected chi connectivity index (χ4v) is 1.54. The van der Waals surface area contributed by atoms with Crippen molar-refractivity contribution in [2.45, 2.75) is 19.9 Å². The summed E-state index contributed by atoms with van der Waals surface area (Å²) in [6.07, 6.45) is 0. The van der Waals surface area contributed by atoms with Crippen LogP contribution in [0, 0.1) is 0 Å². The van der Waals surface area contributed by atoms with E-state index >= 15 is 0 Å². The van der Waals surface area contributed by atoms with Crippen LogP contribution < -0.4 is 16.0 Å². The van der Waals surface area contributed by atoms with E-state index in [-0.39, 0.29) is 12.5 Å². The molecule has 0 saturated carbocycles. The molecule has 0 aliphatic carbocycles. The Hall–Kier alpha value is -2.57. The van der Waals surface area contributed by atoms with Gasteiger partial charge in [-0.2, -0.15) is 0 Å². The second-order valence-electron chi connectivity index (χ2n) is 4.23. The van der Waals surface area contributed by atoms with Gasteiger partial charge in [-0.25, -0.2) is 4.79 Å². The second-order valence-corrected chi connectivity index (χ2v) is 4.23. The van der Waals surface area contributed by atoms with Gasteiger partial charge in [-0.15, -0.1) is 0 Å². The molecule has 2 amide bonds. The molecule has 7 heteroatoms. The van der Waals surface area contributed by atoms with Gasteiger partial charge in [-0.05, 0) is 24.3 Å². The van der Waals surface area contributed by atoms with E-state index < -0.39 is 17.9 Å². The highest BCUT2D eigenvalue weighted by Gasteiger charge is 2.17. The van der Waals surface area contributed by atoms with Crippen LogP contribution in [0.2, 0.25) is 0 Å². The molecule has 7 nitrogen and oxygen atoms in total. The fourth-order valence-electron chi connectivity index (χ4n) is 1.54. The minimum absolute atomic E-state index is 0.0639. The molecular weight excluding hydrogens is 262 g/mol. The summed E-state index contributed by atoms with van der Waals surface area (Å²) in [6, 6.07) is 5.80. The zero-order valence-corrected chi connectivity index (χ0v) is 11.3. The molecule has 0 saturated heterocycles. The molecular formula is C13H17N3O4. The Morgan fingerprint density at radius 3 is 2.05 bits per heavy atom. The molecule has 1 atom stereocenters. The summed E-state index contributed by atoms with van der Waals surface area (Å²) >= 11 is 0. The Labute approximate surface area is 116 Å². The number of hydrogen-bond donors (Lipinski definition) is 4. The van der Waals surface area contributed by atoms with Crippen LogP contribution in [0.25, 0.3) is 0 Å². The van der Waals surface area contributed by atoms with Crippen molar-refractivity contribution in [2.75, 3.05) is 17.2 Å². The van der Waals surface area contributed by atoms with Gasteiger partial charge in [0.05, 0.1) is 0 Å². The molecule has 1 unspecified atom stereocenters. The number of anilines is 2. The standard InChI is InChI=1S/C13H17N3O4/c1-8(17)15-11-5-3-10(4-6-11)14-7-12(13(19)20)16-9(2)18/h3-6,12,14H,7H2,1-2H3,(H,15,17)(H,16,18)(H,19,20). The molecule has 0 radical (unpaired) electrons. The lowest BCUT2D eigenvalue weighted by Crippen LogP contribution is -2.44. The van der Waals surface area contributed by atoms with E-state index in [1.54, 1.807) is 24.3 Å². The van der Waals surface area contributed by atoms with Crippen molar-refractivity contribution in [3.63, 3.8) is 0 Å². The van der Waals surface area contributed by atoms with Crippen LogP contribution in [0.1, 0.15) is 13.8 Å². The number of benzene rings is 1. The highest BCUT2D eigenvalue weighted by Crippen LogP contribution is 2.13. The molecule has 0 aliphatic heterocycles. The molecule has 20 heavy (non-hydrogen) atoms. The van der Waals surface area contributed by atoms with E-state index in [1.807, 2.05) is 0 Å². The topological polar surface area (TPSA) is 108 Å². The van der Waals surface area contributed by atoms with Crippen LogP contribution in [0.3, 0.4) is 0 Å². The first-order valence-electron chi connectivity index (χ1n) is 6.00. The number of aliphatic carboxylic acids is 1. The third kappa shape index (κ3) is 5.38. The van der Waals surface area contributed by atoms with Gasteiger partial charge in [-0.3, -0.25) is 9.59 Å². The maximum absolute atomic E-state index is 10.9. The molecule has 0 heterocycles. The predicted octanol–water partition coefficient (Wildman–Crippen LogP) is 0.646. The normalized spacial score (nSPS) is 11.3. The molecule has 4 N–H and O–H groups in total. The molecule has 0 fully saturated rings. The SMILES string of the molecule is CC(=O)Nc1ccc(NCC(NC(C)=O)C(=O)O)cc1. The van der Waals surface area contributed by atoms with E-state index in [1.165, 1.54) is 13.8 Å². The lowest BCUT2D eigenvalue weighted by atomic mass is 10.2. The van der Waals surface area contributed by atoms with E-state index in [9.17, 15) is 14.4 Å². The van der Waals surface area contributed by atoms with Gasteiger partial charge in [0.1, 0.15) is 6.04 Å². The summed E-state index contributed by atoms with van der Waals surface area (Å²) in [4.78, 5) is 32.7. The third-order valence-electron chi connectivity index (χ3n) is 2.39. The highest BCUT2D eigenvalue weighted by molar-refractivity contribution is 5.88. The Kier molecular flexibility index (Phi) is 5.52. The highest BCUT2D eigenvalue weighted by atomic mass is 16.4. The molecule has 108 valence electrons. The smallest absolute Gasteiger partial charge is 0.328 e. The molecule has 0 aromatic heterocycles. The van der Waals surface area contributed by atoms with Gasteiger partial charge in [0, 0.05) is 31.8 Å². The van der Waals surface area contributed by atoms with Crippen LogP contribution in [-0.2, 0) is 14.4 Å². The van der Waals surface area contributed by atoms with Gasteiger partial charge in [0.25, 0.3) is 0 Å². The van der Waals surface area contributed by atoms with Crippen LogP contribution in [0.5, 0.6) is 0 Å². The summed E-state index contributed by atoms with van der Waals surface area (Å²) in [5.74, 6) is -1.68. The minimum atomic E-state index is -1.11. The van der Waals surface area contributed by atoms with Gasteiger partial charge in [0.2, 0.25) is 11.8 Å². The zero-order chi connectivity index (χ0) is 15.1. The first kappa shape index (κ1) is 15.5. The quantitative estimate of drug-likeness (QED) is 0.611. The summed E-state index contributed by atoms with van der Waals surface area (Å²) in [5, 5.41) is 16.8. The van der Waals surface area contributed by atoms with Gasteiger partial charge >= 0.3 is 5.97 Å². The largest absolute Gasteiger partial charge is 0.480 e. The fraction of sp³-hybridized carbons (Fsp3) is 0.308. The number of carboxylic acid groups (broad SMARTS) is 1. The zero-order valence-electron chi connectivity index (χ0n) is 11.3.